The predicted molar refractivity (Wildman–Crippen MR) is 65.8 cm³/mol. The van der Waals surface area contributed by atoms with Crippen molar-refractivity contribution in [1.82, 2.24) is 4.98 Å². The van der Waals surface area contributed by atoms with Crippen LogP contribution in [0, 0.1) is 18.6 Å². The van der Waals surface area contributed by atoms with Gasteiger partial charge in [0.1, 0.15) is 5.82 Å². The van der Waals surface area contributed by atoms with Gasteiger partial charge in [0.2, 0.25) is 0 Å². The Balaban J connectivity index is 2.48. The number of aryl methyl sites for hydroxylation is 1. The van der Waals surface area contributed by atoms with Gasteiger partial charge in [0, 0.05) is 11.8 Å². The summed E-state index contributed by atoms with van der Waals surface area (Å²) < 4.78 is 26.0. The number of anilines is 1. The number of aromatic nitrogens is 1. The van der Waals surface area contributed by atoms with Crippen molar-refractivity contribution in [1.29, 1.82) is 0 Å². The lowest BCUT2D eigenvalue weighted by atomic mass is 9.96. The van der Waals surface area contributed by atoms with Gasteiger partial charge in [-0.05, 0) is 36.2 Å². The van der Waals surface area contributed by atoms with Gasteiger partial charge in [-0.25, -0.2) is 13.8 Å². The van der Waals surface area contributed by atoms with E-state index in [1.165, 1.54) is 6.07 Å². The number of hydrogen-bond donors (Lipinski definition) is 2. The van der Waals surface area contributed by atoms with Crippen molar-refractivity contribution >= 4 is 5.82 Å². The third-order valence-electron chi connectivity index (χ3n) is 2.85. The van der Waals surface area contributed by atoms with Crippen molar-refractivity contribution in [3.63, 3.8) is 0 Å². The Labute approximate surface area is 103 Å². The van der Waals surface area contributed by atoms with Gasteiger partial charge in [-0.2, -0.15) is 0 Å². The molecule has 0 saturated carbocycles. The maximum Gasteiger partial charge on any atom is 0.159 e. The number of nitrogen functional groups attached to an aromatic ring is 1. The van der Waals surface area contributed by atoms with E-state index in [1.807, 2.05) is 6.92 Å². The second-order valence-corrected chi connectivity index (χ2v) is 4.08. The van der Waals surface area contributed by atoms with Gasteiger partial charge < -0.3 is 11.5 Å². The fourth-order valence-corrected chi connectivity index (χ4v) is 1.87. The van der Waals surface area contributed by atoms with E-state index in [0.29, 0.717) is 16.9 Å². The first-order valence-electron chi connectivity index (χ1n) is 5.42. The molecule has 0 spiro atoms. The van der Waals surface area contributed by atoms with Crippen LogP contribution >= 0.6 is 0 Å². The minimum absolute atomic E-state index is 0.298. The minimum Gasteiger partial charge on any atom is -0.383 e. The Hall–Kier alpha value is -2.01. The molecule has 0 aliphatic heterocycles. The van der Waals surface area contributed by atoms with Crippen LogP contribution in [0.2, 0.25) is 0 Å². The van der Waals surface area contributed by atoms with Gasteiger partial charge in [0.25, 0.3) is 0 Å². The fourth-order valence-electron chi connectivity index (χ4n) is 1.87. The molecule has 1 aromatic carbocycles. The van der Waals surface area contributed by atoms with E-state index in [-0.39, 0.29) is 0 Å². The van der Waals surface area contributed by atoms with E-state index in [2.05, 4.69) is 4.98 Å². The summed E-state index contributed by atoms with van der Waals surface area (Å²) in [6, 6.07) is 4.70. The van der Waals surface area contributed by atoms with E-state index in [9.17, 15) is 8.78 Å². The molecule has 4 N–H and O–H groups in total. The average Bonchev–Trinajstić information content (AvgIpc) is 2.32. The van der Waals surface area contributed by atoms with Crippen molar-refractivity contribution in [2.24, 2.45) is 5.73 Å². The molecule has 3 nitrogen and oxygen atoms in total. The van der Waals surface area contributed by atoms with Crippen molar-refractivity contribution < 1.29 is 8.78 Å². The zero-order valence-electron chi connectivity index (χ0n) is 9.82. The lowest BCUT2D eigenvalue weighted by Crippen LogP contribution is -2.16. The SMILES string of the molecule is Cc1ccnc(N)c1C(N)c1ccc(F)c(F)c1. The van der Waals surface area contributed by atoms with Crippen LogP contribution in [-0.4, -0.2) is 4.98 Å². The third kappa shape index (κ3) is 2.17. The van der Waals surface area contributed by atoms with Gasteiger partial charge in [0.05, 0.1) is 6.04 Å². The molecule has 0 aliphatic rings. The average molecular weight is 249 g/mol. The Bertz CT molecular complexity index is 564. The second kappa shape index (κ2) is 4.70. The van der Waals surface area contributed by atoms with Crippen molar-refractivity contribution in [3.8, 4) is 0 Å². The molecule has 1 atom stereocenters. The number of nitrogens with zero attached hydrogens (tertiary/aromatic N) is 1. The zero-order chi connectivity index (χ0) is 13.3. The maximum atomic E-state index is 13.2. The summed E-state index contributed by atoms with van der Waals surface area (Å²) in [7, 11) is 0. The summed E-state index contributed by atoms with van der Waals surface area (Å²) in [5.74, 6) is -1.53. The van der Waals surface area contributed by atoms with Crippen LogP contribution in [0.3, 0.4) is 0 Å². The predicted octanol–water partition coefficient (Wildman–Crippen LogP) is 2.30. The third-order valence-corrected chi connectivity index (χ3v) is 2.85. The largest absolute Gasteiger partial charge is 0.383 e. The molecule has 2 rings (SSSR count). The molecule has 1 aromatic heterocycles. The number of hydrogen-bond acceptors (Lipinski definition) is 3. The summed E-state index contributed by atoms with van der Waals surface area (Å²) in [5, 5.41) is 0. The lowest BCUT2D eigenvalue weighted by Gasteiger charge is -2.16. The van der Waals surface area contributed by atoms with E-state index >= 15 is 0 Å². The summed E-state index contributed by atoms with van der Waals surface area (Å²) in [5.41, 5.74) is 13.7. The van der Waals surface area contributed by atoms with Crippen LogP contribution in [0.5, 0.6) is 0 Å². The fraction of sp³-hybridized carbons (Fsp3) is 0.154. The van der Waals surface area contributed by atoms with Crippen LogP contribution in [0.1, 0.15) is 22.7 Å². The molecule has 0 amide bonds. The first-order chi connectivity index (χ1) is 8.50. The Morgan fingerprint density at radius 2 is 1.89 bits per heavy atom. The highest BCUT2D eigenvalue weighted by Gasteiger charge is 2.16. The Kier molecular flexibility index (Phi) is 3.25. The quantitative estimate of drug-likeness (QED) is 0.858. The molecule has 1 heterocycles. The Morgan fingerprint density at radius 1 is 1.17 bits per heavy atom. The Morgan fingerprint density at radius 3 is 2.50 bits per heavy atom. The molecule has 0 bridgehead atoms. The second-order valence-electron chi connectivity index (χ2n) is 4.08. The normalized spacial score (nSPS) is 12.4. The van der Waals surface area contributed by atoms with Crippen LogP contribution in [0.15, 0.2) is 30.5 Å². The van der Waals surface area contributed by atoms with Crippen LogP contribution in [-0.2, 0) is 0 Å². The van der Waals surface area contributed by atoms with Gasteiger partial charge >= 0.3 is 0 Å². The molecule has 1 unspecified atom stereocenters. The maximum absolute atomic E-state index is 13.2. The topological polar surface area (TPSA) is 64.9 Å². The molecular formula is C13H13F2N3. The highest BCUT2D eigenvalue weighted by molar-refractivity contribution is 5.49. The number of benzene rings is 1. The number of halogens is 2. The van der Waals surface area contributed by atoms with Gasteiger partial charge in [-0.15, -0.1) is 0 Å². The molecular weight excluding hydrogens is 236 g/mol. The molecule has 18 heavy (non-hydrogen) atoms. The van der Waals surface area contributed by atoms with Crippen LogP contribution < -0.4 is 11.5 Å². The molecule has 0 saturated heterocycles. The molecule has 94 valence electrons. The van der Waals surface area contributed by atoms with Crippen LogP contribution in [0.25, 0.3) is 0 Å². The number of pyridine rings is 1. The van der Waals surface area contributed by atoms with Crippen molar-refractivity contribution in [2.45, 2.75) is 13.0 Å². The highest BCUT2D eigenvalue weighted by atomic mass is 19.2. The van der Waals surface area contributed by atoms with Crippen molar-refractivity contribution in [3.05, 3.63) is 58.8 Å². The van der Waals surface area contributed by atoms with E-state index < -0.39 is 17.7 Å². The summed E-state index contributed by atoms with van der Waals surface area (Å²) in [6.07, 6.45) is 1.58. The minimum atomic E-state index is -0.928. The van der Waals surface area contributed by atoms with E-state index in [1.54, 1.807) is 12.3 Å². The van der Waals surface area contributed by atoms with Crippen LogP contribution in [0.4, 0.5) is 14.6 Å². The van der Waals surface area contributed by atoms with Gasteiger partial charge in [-0.1, -0.05) is 6.07 Å². The van der Waals surface area contributed by atoms with Gasteiger partial charge in [0.15, 0.2) is 11.6 Å². The molecule has 0 aliphatic carbocycles. The smallest absolute Gasteiger partial charge is 0.159 e. The first kappa shape index (κ1) is 12.4. The number of nitrogens with two attached hydrogens (primary N) is 2. The van der Waals surface area contributed by atoms with E-state index in [0.717, 1.165) is 17.7 Å². The molecule has 0 radical (unpaired) electrons. The first-order valence-corrected chi connectivity index (χ1v) is 5.42. The zero-order valence-corrected chi connectivity index (χ0v) is 9.82. The summed E-state index contributed by atoms with van der Waals surface area (Å²) >= 11 is 0. The highest BCUT2D eigenvalue weighted by Crippen LogP contribution is 2.27. The lowest BCUT2D eigenvalue weighted by molar-refractivity contribution is 0.506. The standard InChI is InChI=1S/C13H13F2N3/c1-7-4-5-18-13(17)11(7)12(16)8-2-3-9(14)10(15)6-8/h2-6,12H,16H2,1H3,(H2,17,18). The van der Waals surface area contributed by atoms with E-state index in [4.69, 9.17) is 11.5 Å². The van der Waals surface area contributed by atoms with Crippen molar-refractivity contribution in [2.75, 3.05) is 5.73 Å². The molecule has 0 fully saturated rings. The monoisotopic (exact) mass is 249 g/mol. The summed E-state index contributed by atoms with van der Waals surface area (Å²) in [4.78, 5) is 3.96. The number of rotatable bonds is 2. The molecule has 5 heteroatoms. The summed E-state index contributed by atoms with van der Waals surface area (Å²) in [6.45, 7) is 1.84. The molecule has 2 aromatic rings. The van der Waals surface area contributed by atoms with Gasteiger partial charge in [-0.3, -0.25) is 0 Å².